The molecule has 0 aromatic carbocycles. The van der Waals surface area contributed by atoms with Crippen LogP contribution in [-0.2, 0) is 19.9 Å². The Morgan fingerprint density at radius 1 is 1.38 bits per heavy atom. The van der Waals surface area contributed by atoms with Gasteiger partial charge in [-0.15, -0.1) is 11.3 Å². The first-order valence-electron chi connectivity index (χ1n) is 8.29. The van der Waals surface area contributed by atoms with Gasteiger partial charge in [0.25, 0.3) is 0 Å². The standard InChI is InChI=1S/C10H16N2O4S3.C5H14NO/c1-3-12-8-4-6(2)18(13,14)10-7(8)5-9(17-10)19(11,15)16;1-6(2,3)4-5-7/h5-6,8,12H,3-4H2,1-2H3,(H2,11,15,16);7H,4-5H2,1-3H3/q;+1/t6-,8-;/m0./s1. The van der Waals surface area contributed by atoms with E-state index in [4.69, 9.17) is 10.2 Å². The van der Waals surface area contributed by atoms with Crippen molar-refractivity contribution in [1.82, 2.24) is 5.32 Å². The molecule has 26 heavy (non-hydrogen) atoms. The highest BCUT2D eigenvalue weighted by Gasteiger charge is 2.39. The van der Waals surface area contributed by atoms with Gasteiger partial charge in [0, 0.05) is 11.6 Å². The second-order valence-electron chi connectivity index (χ2n) is 7.29. The maximum atomic E-state index is 12.2. The molecule has 0 unspecified atom stereocenters. The Bertz CT molecular complexity index is 810. The molecule has 0 fully saturated rings. The average Bonchev–Trinajstić information content (AvgIpc) is 2.91. The predicted octanol–water partition coefficient (Wildman–Crippen LogP) is 0.297. The number of fused-ring (bicyclic) bond motifs is 1. The summed E-state index contributed by atoms with van der Waals surface area (Å²) in [5, 5.41) is 16.1. The lowest BCUT2D eigenvalue weighted by Gasteiger charge is -2.27. The normalized spacial score (nSPS) is 22.3. The van der Waals surface area contributed by atoms with Gasteiger partial charge in [-0.2, -0.15) is 0 Å². The summed E-state index contributed by atoms with van der Waals surface area (Å²) in [6.07, 6.45) is 0.434. The summed E-state index contributed by atoms with van der Waals surface area (Å²) in [5.74, 6) is 0. The molecule has 2 atom stereocenters. The Hall–Kier alpha value is -0.560. The van der Waals surface area contributed by atoms with Gasteiger partial charge in [0.2, 0.25) is 10.0 Å². The summed E-state index contributed by atoms with van der Waals surface area (Å²) < 4.78 is 48.1. The summed E-state index contributed by atoms with van der Waals surface area (Å²) in [6, 6.07) is 1.23. The number of aliphatic hydroxyl groups is 1. The summed E-state index contributed by atoms with van der Waals surface area (Å²) in [7, 11) is -1.17. The third kappa shape index (κ3) is 5.98. The topological polar surface area (TPSA) is 127 Å². The summed E-state index contributed by atoms with van der Waals surface area (Å²) in [6.45, 7) is 5.35. The van der Waals surface area contributed by atoms with Gasteiger partial charge in [0.1, 0.15) is 15.0 Å². The zero-order chi connectivity index (χ0) is 20.3. The van der Waals surface area contributed by atoms with Crippen LogP contribution < -0.4 is 10.5 Å². The van der Waals surface area contributed by atoms with Crippen LogP contribution in [0.4, 0.5) is 0 Å². The van der Waals surface area contributed by atoms with Gasteiger partial charge in [0.15, 0.2) is 9.84 Å². The van der Waals surface area contributed by atoms with Crippen LogP contribution in [0.15, 0.2) is 14.5 Å². The number of sulfonamides is 1. The minimum Gasteiger partial charge on any atom is -0.391 e. The van der Waals surface area contributed by atoms with Gasteiger partial charge < -0.3 is 14.9 Å². The minimum absolute atomic E-state index is 0.0990. The number of nitrogens with two attached hydrogens (primary N) is 1. The zero-order valence-corrected chi connectivity index (χ0v) is 18.3. The highest BCUT2D eigenvalue weighted by Crippen LogP contribution is 2.42. The van der Waals surface area contributed by atoms with Gasteiger partial charge in [-0.1, -0.05) is 6.92 Å². The first kappa shape index (κ1) is 23.5. The first-order chi connectivity index (χ1) is 11.7. The van der Waals surface area contributed by atoms with E-state index in [1.807, 2.05) is 6.92 Å². The Labute approximate surface area is 160 Å². The SMILES string of the molecule is CCN[C@H]1C[C@H](C)S(=O)(=O)c2sc(S(N)(=O)=O)cc21.C[N+](C)(C)CCO. The molecule has 1 aromatic heterocycles. The molecule has 0 amide bonds. The molecule has 4 N–H and O–H groups in total. The number of hydrogen-bond acceptors (Lipinski definition) is 7. The van der Waals surface area contributed by atoms with Crippen LogP contribution in [0, 0.1) is 0 Å². The molecule has 11 heteroatoms. The fourth-order valence-electron chi connectivity index (χ4n) is 2.48. The van der Waals surface area contributed by atoms with Crippen molar-refractivity contribution in [2.75, 3.05) is 40.8 Å². The maximum absolute atomic E-state index is 12.2. The van der Waals surface area contributed by atoms with Crippen LogP contribution in [0.5, 0.6) is 0 Å². The van der Waals surface area contributed by atoms with Crippen LogP contribution in [0.1, 0.15) is 31.9 Å². The second kappa shape index (κ2) is 8.63. The predicted molar refractivity (Wildman–Crippen MR) is 103 cm³/mol. The smallest absolute Gasteiger partial charge is 0.247 e. The summed E-state index contributed by atoms with van der Waals surface area (Å²) in [5.41, 5.74) is 0.522. The van der Waals surface area contributed by atoms with Crippen molar-refractivity contribution < 1.29 is 26.4 Å². The summed E-state index contributed by atoms with van der Waals surface area (Å²) in [4.78, 5) is 0. The number of aliphatic hydroxyl groups excluding tert-OH is 1. The molecular weight excluding hydrogens is 398 g/mol. The Balaban J connectivity index is 0.000000412. The van der Waals surface area contributed by atoms with E-state index in [9.17, 15) is 16.8 Å². The zero-order valence-electron chi connectivity index (χ0n) is 15.9. The van der Waals surface area contributed by atoms with Crippen molar-refractivity contribution in [3.05, 3.63) is 11.6 Å². The Morgan fingerprint density at radius 3 is 2.35 bits per heavy atom. The van der Waals surface area contributed by atoms with E-state index in [1.165, 1.54) is 6.07 Å². The molecule has 0 radical (unpaired) electrons. The lowest BCUT2D eigenvalue weighted by molar-refractivity contribution is -0.870. The molecule has 2 heterocycles. The molecule has 0 bridgehead atoms. The highest BCUT2D eigenvalue weighted by molar-refractivity contribution is 7.95. The van der Waals surface area contributed by atoms with E-state index in [0.717, 1.165) is 22.4 Å². The van der Waals surface area contributed by atoms with Gasteiger partial charge >= 0.3 is 0 Å². The van der Waals surface area contributed by atoms with Gasteiger partial charge in [-0.3, -0.25) is 0 Å². The first-order valence-corrected chi connectivity index (χ1v) is 12.2. The lowest BCUT2D eigenvalue weighted by atomic mass is 10.1. The fourth-order valence-corrected chi connectivity index (χ4v) is 6.90. The van der Waals surface area contributed by atoms with E-state index >= 15 is 0 Å². The molecule has 152 valence electrons. The molecule has 1 aliphatic rings. The number of rotatable bonds is 5. The maximum Gasteiger partial charge on any atom is 0.247 e. The molecule has 0 saturated carbocycles. The van der Waals surface area contributed by atoms with Crippen molar-refractivity contribution in [1.29, 1.82) is 0 Å². The second-order valence-corrected chi connectivity index (χ2v) is 12.7. The molecule has 1 aromatic rings. The van der Waals surface area contributed by atoms with Crippen LogP contribution >= 0.6 is 11.3 Å². The van der Waals surface area contributed by atoms with E-state index < -0.39 is 25.1 Å². The number of quaternary nitrogens is 1. The van der Waals surface area contributed by atoms with Gasteiger partial charge in [-0.25, -0.2) is 22.0 Å². The third-order valence-electron chi connectivity index (χ3n) is 3.94. The molecule has 0 spiro atoms. The molecule has 1 aliphatic heterocycles. The van der Waals surface area contributed by atoms with Crippen molar-refractivity contribution in [3.8, 4) is 0 Å². The van der Waals surface area contributed by atoms with Crippen molar-refractivity contribution >= 4 is 31.2 Å². The van der Waals surface area contributed by atoms with Crippen molar-refractivity contribution in [2.24, 2.45) is 5.14 Å². The van der Waals surface area contributed by atoms with Gasteiger partial charge in [-0.05, 0) is 26.0 Å². The van der Waals surface area contributed by atoms with E-state index in [2.05, 4.69) is 26.5 Å². The molecule has 2 rings (SSSR count). The molecule has 8 nitrogen and oxygen atoms in total. The van der Waals surface area contributed by atoms with Crippen LogP contribution in [0.25, 0.3) is 0 Å². The third-order valence-corrected chi connectivity index (χ3v) is 9.25. The lowest BCUT2D eigenvalue weighted by Crippen LogP contribution is -2.36. The van der Waals surface area contributed by atoms with Gasteiger partial charge in [0.05, 0.1) is 33.0 Å². The average molecular weight is 429 g/mol. The van der Waals surface area contributed by atoms with Crippen molar-refractivity contribution in [2.45, 2.75) is 40.0 Å². The number of nitrogens with one attached hydrogen (secondary N) is 1. The Morgan fingerprint density at radius 2 is 1.96 bits per heavy atom. The number of likely N-dealkylation sites (N-methyl/N-ethyl adjacent to an activating group) is 1. The number of primary sulfonamides is 1. The minimum atomic E-state index is -3.88. The summed E-state index contributed by atoms with van der Waals surface area (Å²) >= 11 is 0.742. The number of sulfone groups is 1. The largest absolute Gasteiger partial charge is 0.391 e. The fraction of sp³-hybridized carbons (Fsp3) is 0.733. The number of hydrogen-bond donors (Lipinski definition) is 3. The molecule has 0 saturated heterocycles. The van der Waals surface area contributed by atoms with E-state index in [-0.39, 0.29) is 21.1 Å². The van der Waals surface area contributed by atoms with Crippen LogP contribution in [0.2, 0.25) is 0 Å². The monoisotopic (exact) mass is 428 g/mol. The van der Waals surface area contributed by atoms with Crippen LogP contribution in [0.3, 0.4) is 0 Å². The number of thiophene rings is 1. The highest BCUT2D eigenvalue weighted by atomic mass is 32.3. The van der Waals surface area contributed by atoms with E-state index in [0.29, 0.717) is 18.5 Å². The van der Waals surface area contributed by atoms with E-state index in [1.54, 1.807) is 6.92 Å². The Kier molecular flexibility index (Phi) is 7.80. The van der Waals surface area contributed by atoms with Crippen LogP contribution in [-0.4, -0.2) is 72.5 Å². The number of nitrogens with zero attached hydrogens (tertiary/aromatic N) is 1. The van der Waals surface area contributed by atoms with Crippen molar-refractivity contribution in [3.63, 3.8) is 0 Å². The quantitative estimate of drug-likeness (QED) is 0.579. The molecule has 0 aliphatic carbocycles. The molecular formula is C15H30N3O5S3+.